The summed E-state index contributed by atoms with van der Waals surface area (Å²) in [4.78, 5) is 0. The van der Waals surface area contributed by atoms with Crippen molar-refractivity contribution in [3.8, 4) is 5.75 Å². The van der Waals surface area contributed by atoms with E-state index < -0.39 is 11.6 Å². The molecule has 0 unspecified atom stereocenters. The van der Waals surface area contributed by atoms with E-state index in [2.05, 4.69) is 0 Å². The van der Waals surface area contributed by atoms with E-state index in [-0.39, 0.29) is 18.2 Å². The smallest absolute Gasteiger partial charge is 0.200 e. The zero-order chi connectivity index (χ0) is 18.0. The topological polar surface area (TPSA) is 9.23 Å². The largest absolute Gasteiger partial charge is 0.486 e. The van der Waals surface area contributed by atoms with Gasteiger partial charge in [-0.25, -0.2) is 8.78 Å². The second-order valence-corrected chi connectivity index (χ2v) is 6.39. The van der Waals surface area contributed by atoms with Crippen molar-refractivity contribution < 1.29 is 17.9 Å². The Balaban J connectivity index is 1.82. The molecule has 0 aromatic heterocycles. The van der Waals surface area contributed by atoms with E-state index in [1.807, 2.05) is 6.07 Å². The summed E-state index contributed by atoms with van der Waals surface area (Å²) in [5, 5.41) is 0. The normalized spacial score (nSPS) is 14.3. The molecule has 2 aromatic carbocycles. The van der Waals surface area contributed by atoms with Gasteiger partial charge in [0, 0.05) is 0 Å². The van der Waals surface area contributed by atoms with Crippen LogP contribution in [0.5, 0.6) is 5.75 Å². The second kappa shape index (κ2) is 7.34. The first-order chi connectivity index (χ1) is 12.0. The number of ether oxygens (including phenoxy) is 1. The molecule has 0 atom stereocenters. The highest BCUT2D eigenvalue weighted by Crippen LogP contribution is 2.35. The van der Waals surface area contributed by atoms with Gasteiger partial charge in [0.15, 0.2) is 11.6 Å². The molecule has 0 amide bonds. The highest BCUT2D eigenvalue weighted by Gasteiger charge is 2.19. The standard InChI is InChI=1S/C21H21F3O/c1-3-14-9-10-19(21(24)20(14)23)25-12-16-5-4-6-17(16)15-8-7-13(2)18(22)11-15/h7-11H,3-6,12H2,1-2H3. The van der Waals surface area contributed by atoms with Crippen LogP contribution in [-0.2, 0) is 6.42 Å². The number of rotatable bonds is 5. The summed E-state index contributed by atoms with van der Waals surface area (Å²) in [6.45, 7) is 3.69. The minimum absolute atomic E-state index is 0.0801. The summed E-state index contributed by atoms with van der Waals surface area (Å²) in [6, 6.07) is 8.21. The molecule has 25 heavy (non-hydrogen) atoms. The van der Waals surface area contributed by atoms with Crippen LogP contribution in [0.1, 0.15) is 42.9 Å². The van der Waals surface area contributed by atoms with Crippen molar-refractivity contribution in [3.63, 3.8) is 0 Å². The quantitative estimate of drug-likeness (QED) is 0.646. The van der Waals surface area contributed by atoms with E-state index in [0.717, 1.165) is 36.0 Å². The van der Waals surface area contributed by atoms with E-state index in [1.54, 1.807) is 26.0 Å². The summed E-state index contributed by atoms with van der Waals surface area (Å²) >= 11 is 0. The van der Waals surface area contributed by atoms with Gasteiger partial charge in [0.25, 0.3) is 0 Å². The number of aryl methyl sites for hydroxylation is 2. The van der Waals surface area contributed by atoms with Gasteiger partial charge in [-0.15, -0.1) is 0 Å². The Morgan fingerprint density at radius 2 is 1.80 bits per heavy atom. The van der Waals surface area contributed by atoms with Crippen molar-refractivity contribution in [3.05, 3.63) is 70.0 Å². The Bertz CT molecular complexity index is 824. The number of hydrogen-bond donors (Lipinski definition) is 0. The molecule has 0 heterocycles. The third kappa shape index (κ3) is 3.58. The highest BCUT2D eigenvalue weighted by molar-refractivity contribution is 5.71. The monoisotopic (exact) mass is 346 g/mol. The first kappa shape index (κ1) is 17.6. The van der Waals surface area contributed by atoms with Crippen molar-refractivity contribution >= 4 is 5.57 Å². The predicted octanol–water partition coefficient (Wildman–Crippen LogP) is 5.99. The molecule has 2 aromatic rings. The van der Waals surface area contributed by atoms with Gasteiger partial charge in [0.05, 0.1) is 0 Å². The Kier molecular flexibility index (Phi) is 5.16. The zero-order valence-electron chi connectivity index (χ0n) is 14.5. The second-order valence-electron chi connectivity index (χ2n) is 6.39. The molecular weight excluding hydrogens is 325 g/mol. The van der Waals surface area contributed by atoms with Gasteiger partial charge in [-0.2, -0.15) is 4.39 Å². The average molecular weight is 346 g/mol. The van der Waals surface area contributed by atoms with Gasteiger partial charge in [-0.05, 0) is 72.6 Å². The van der Waals surface area contributed by atoms with Gasteiger partial charge < -0.3 is 4.74 Å². The maximum absolute atomic E-state index is 14.1. The molecule has 1 aliphatic carbocycles. The van der Waals surface area contributed by atoms with Crippen LogP contribution in [0.4, 0.5) is 13.2 Å². The summed E-state index contributed by atoms with van der Waals surface area (Å²) < 4.78 is 47.3. The minimum atomic E-state index is -0.944. The molecular formula is C21H21F3O. The fourth-order valence-corrected chi connectivity index (χ4v) is 3.22. The van der Waals surface area contributed by atoms with Crippen LogP contribution in [-0.4, -0.2) is 6.61 Å². The van der Waals surface area contributed by atoms with Crippen LogP contribution >= 0.6 is 0 Å². The molecule has 4 heteroatoms. The molecule has 1 aliphatic rings. The van der Waals surface area contributed by atoms with Crippen LogP contribution in [0.2, 0.25) is 0 Å². The molecule has 0 radical (unpaired) electrons. The lowest BCUT2D eigenvalue weighted by atomic mass is 10.0. The Morgan fingerprint density at radius 3 is 2.52 bits per heavy atom. The number of halogens is 3. The van der Waals surface area contributed by atoms with Crippen LogP contribution < -0.4 is 4.74 Å². The van der Waals surface area contributed by atoms with Crippen LogP contribution in [0.25, 0.3) is 5.57 Å². The molecule has 1 nitrogen and oxygen atoms in total. The highest BCUT2D eigenvalue weighted by atomic mass is 19.2. The third-order valence-corrected chi connectivity index (χ3v) is 4.76. The molecule has 0 bridgehead atoms. The minimum Gasteiger partial charge on any atom is -0.486 e. The number of allylic oxidation sites excluding steroid dienone is 1. The fourth-order valence-electron chi connectivity index (χ4n) is 3.22. The number of benzene rings is 2. The van der Waals surface area contributed by atoms with Gasteiger partial charge >= 0.3 is 0 Å². The zero-order valence-corrected chi connectivity index (χ0v) is 14.5. The van der Waals surface area contributed by atoms with Crippen molar-refractivity contribution in [1.82, 2.24) is 0 Å². The van der Waals surface area contributed by atoms with Gasteiger partial charge in [0.1, 0.15) is 12.4 Å². The lowest BCUT2D eigenvalue weighted by Crippen LogP contribution is -2.05. The fraction of sp³-hybridized carbons (Fsp3) is 0.333. The van der Waals surface area contributed by atoms with E-state index in [0.29, 0.717) is 17.5 Å². The molecule has 132 valence electrons. The van der Waals surface area contributed by atoms with Gasteiger partial charge in [-0.1, -0.05) is 25.1 Å². The molecule has 0 spiro atoms. The van der Waals surface area contributed by atoms with Crippen molar-refractivity contribution in [2.45, 2.75) is 39.5 Å². The first-order valence-electron chi connectivity index (χ1n) is 8.58. The lowest BCUT2D eigenvalue weighted by molar-refractivity contribution is 0.321. The van der Waals surface area contributed by atoms with Gasteiger partial charge in [-0.3, -0.25) is 0 Å². The maximum atomic E-state index is 14.1. The van der Waals surface area contributed by atoms with E-state index in [4.69, 9.17) is 4.74 Å². The lowest BCUT2D eigenvalue weighted by Gasteiger charge is -2.12. The van der Waals surface area contributed by atoms with Crippen molar-refractivity contribution in [2.24, 2.45) is 0 Å². The summed E-state index contributed by atoms with van der Waals surface area (Å²) in [7, 11) is 0. The molecule has 3 rings (SSSR count). The average Bonchev–Trinajstić information content (AvgIpc) is 3.07. The third-order valence-electron chi connectivity index (χ3n) is 4.76. The molecule has 0 N–H and O–H groups in total. The molecule has 0 saturated heterocycles. The van der Waals surface area contributed by atoms with E-state index in [1.165, 1.54) is 12.1 Å². The predicted molar refractivity (Wildman–Crippen MR) is 93.1 cm³/mol. The summed E-state index contributed by atoms with van der Waals surface area (Å²) in [6.07, 6.45) is 3.04. The van der Waals surface area contributed by atoms with Crippen LogP contribution in [0.3, 0.4) is 0 Å². The summed E-state index contributed by atoms with van der Waals surface area (Å²) in [5.74, 6) is -2.11. The van der Waals surface area contributed by atoms with Gasteiger partial charge in [0.2, 0.25) is 5.82 Å². The number of hydrogen-bond acceptors (Lipinski definition) is 1. The SMILES string of the molecule is CCc1ccc(OCC2=C(c3ccc(C)c(F)c3)CCC2)c(F)c1F. The van der Waals surface area contributed by atoms with E-state index in [9.17, 15) is 13.2 Å². The summed E-state index contributed by atoms with van der Waals surface area (Å²) in [5.41, 5.74) is 3.84. The Labute approximate surface area is 146 Å². The van der Waals surface area contributed by atoms with Crippen LogP contribution in [0.15, 0.2) is 35.9 Å². The first-order valence-corrected chi connectivity index (χ1v) is 8.58. The Morgan fingerprint density at radius 1 is 1.00 bits per heavy atom. The van der Waals surface area contributed by atoms with E-state index >= 15 is 0 Å². The molecule has 0 aliphatic heterocycles. The maximum Gasteiger partial charge on any atom is 0.200 e. The van der Waals surface area contributed by atoms with Crippen LogP contribution in [0, 0.1) is 24.4 Å². The Hall–Kier alpha value is -2.23. The van der Waals surface area contributed by atoms with Crippen molar-refractivity contribution in [2.75, 3.05) is 6.61 Å². The molecule has 0 saturated carbocycles. The van der Waals surface area contributed by atoms with Crippen molar-refractivity contribution in [1.29, 1.82) is 0 Å². The molecule has 0 fully saturated rings.